The Morgan fingerprint density at radius 2 is 1.82 bits per heavy atom. The van der Waals surface area contributed by atoms with Crippen LogP contribution in [-0.4, -0.2) is 77.8 Å². The highest BCUT2D eigenvalue weighted by Gasteiger charge is 2.20. The van der Waals surface area contributed by atoms with E-state index in [0.717, 1.165) is 17.1 Å². The third kappa shape index (κ3) is 4.76. The fourth-order valence-corrected chi connectivity index (χ4v) is 3.27. The molecule has 0 atom stereocenters. The minimum absolute atomic E-state index is 0.0165. The lowest BCUT2D eigenvalue weighted by Crippen LogP contribution is -2.46. The molecule has 8 nitrogen and oxygen atoms in total. The summed E-state index contributed by atoms with van der Waals surface area (Å²) in [4.78, 5) is 28.3. The molecule has 2 heterocycles. The molecule has 1 fully saturated rings. The van der Waals surface area contributed by atoms with Gasteiger partial charge in [-0.25, -0.2) is 4.68 Å². The summed E-state index contributed by atoms with van der Waals surface area (Å²) in [7, 11) is 1.77. The maximum atomic E-state index is 12.5. The molecular formula is C20H27N5O3. The van der Waals surface area contributed by atoms with Gasteiger partial charge >= 0.3 is 0 Å². The van der Waals surface area contributed by atoms with Gasteiger partial charge < -0.3 is 15.0 Å². The van der Waals surface area contributed by atoms with E-state index in [2.05, 4.69) is 10.4 Å². The smallest absolute Gasteiger partial charge is 0.238 e. The van der Waals surface area contributed by atoms with Crippen LogP contribution < -0.4 is 5.32 Å². The first kappa shape index (κ1) is 20.0. The first-order valence-electron chi connectivity index (χ1n) is 9.41. The molecule has 8 heteroatoms. The van der Waals surface area contributed by atoms with Gasteiger partial charge in [-0.2, -0.15) is 5.10 Å². The molecule has 0 bridgehead atoms. The third-order valence-electron chi connectivity index (χ3n) is 4.74. The van der Waals surface area contributed by atoms with Crippen LogP contribution in [0.2, 0.25) is 0 Å². The van der Waals surface area contributed by atoms with Gasteiger partial charge in [0.1, 0.15) is 0 Å². The van der Waals surface area contributed by atoms with E-state index < -0.39 is 0 Å². The molecule has 150 valence electrons. The van der Waals surface area contributed by atoms with Crippen molar-refractivity contribution < 1.29 is 14.3 Å². The Kier molecular flexibility index (Phi) is 6.43. The average molecular weight is 385 g/mol. The number of carbonyl (C=O) groups is 2. The third-order valence-corrected chi connectivity index (χ3v) is 4.74. The molecular weight excluding hydrogens is 358 g/mol. The van der Waals surface area contributed by atoms with Crippen LogP contribution in [0.4, 0.5) is 5.69 Å². The number of hydrogen-bond donors (Lipinski definition) is 1. The summed E-state index contributed by atoms with van der Waals surface area (Å²) in [6.07, 6.45) is 0. The minimum atomic E-state index is -0.170. The van der Waals surface area contributed by atoms with Crippen LogP contribution in [0.15, 0.2) is 30.3 Å². The summed E-state index contributed by atoms with van der Waals surface area (Å²) in [5.41, 5.74) is 3.27. The molecule has 1 aliphatic heterocycles. The van der Waals surface area contributed by atoms with Crippen molar-refractivity contribution in [3.8, 4) is 5.69 Å². The summed E-state index contributed by atoms with van der Waals surface area (Å²) < 4.78 is 7.08. The molecule has 0 spiro atoms. The van der Waals surface area contributed by atoms with E-state index in [-0.39, 0.29) is 24.9 Å². The second-order valence-electron chi connectivity index (χ2n) is 7.01. The molecule has 0 aliphatic carbocycles. The van der Waals surface area contributed by atoms with Gasteiger partial charge in [-0.15, -0.1) is 0 Å². The van der Waals surface area contributed by atoms with Crippen LogP contribution in [0.5, 0.6) is 0 Å². The Morgan fingerprint density at radius 1 is 1.14 bits per heavy atom. The lowest BCUT2D eigenvalue weighted by Gasteiger charge is -2.28. The lowest BCUT2D eigenvalue weighted by molar-refractivity contribution is -0.136. The topological polar surface area (TPSA) is 79.7 Å². The molecule has 0 radical (unpaired) electrons. The summed E-state index contributed by atoms with van der Waals surface area (Å²) >= 11 is 0. The van der Waals surface area contributed by atoms with Crippen LogP contribution >= 0.6 is 0 Å². The number of hydrogen-bond acceptors (Lipinski definition) is 5. The van der Waals surface area contributed by atoms with Crippen molar-refractivity contribution in [1.29, 1.82) is 0 Å². The van der Waals surface area contributed by atoms with Crippen molar-refractivity contribution in [2.75, 3.05) is 51.8 Å². The fourth-order valence-electron chi connectivity index (χ4n) is 3.27. The molecule has 0 saturated carbocycles. The Bertz CT molecular complexity index is 828. The van der Waals surface area contributed by atoms with Crippen molar-refractivity contribution >= 4 is 17.5 Å². The van der Waals surface area contributed by atoms with Gasteiger partial charge in [0.05, 0.1) is 49.1 Å². The van der Waals surface area contributed by atoms with Crippen LogP contribution in [-0.2, 0) is 14.3 Å². The monoisotopic (exact) mass is 385 g/mol. The normalized spacial score (nSPS) is 14.4. The highest BCUT2D eigenvalue weighted by molar-refractivity contribution is 5.93. The van der Waals surface area contributed by atoms with E-state index in [0.29, 0.717) is 32.0 Å². The van der Waals surface area contributed by atoms with E-state index in [1.165, 1.54) is 0 Å². The maximum Gasteiger partial charge on any atom is 0.238 e. The Hall–Kier alpha value is -2.71. The zero-order valence-corrected chi connectivity index (χ0v) is 16.6. The fraction of sp³-hybridized carbons (Fsp3) is 0.450. The standard InChI is InChI=1S/C20H27N5O3/c1-15-20(16(2)25(22-15)17-7-5-4-6-8-17)21-18(26)13-23(3)14-19(27)24-9-11-28-12-10-24/h4-8H,9-14H2,1-3H3,(H,21,26). The molecule has 2 amide bonds. The molecule has 1 aliphatic rings. The van der Waals surface area contributed by atoms with Gasteiger partial charge in [-0.05, 0) is 33.0 Å². The Morgan fingerprint density at radius 3 is 2.50 bits per heavy atom. The molecule has 0 unspecified atom stereocenters. The van der Waals surface area contributed by atoms with E-state index in [1.807, 2.05) is 48.9 Å². The summed E-state index contributed by atoms with van der Waals surface area (Å²) in [6, 6.07) is 9.78. The second kappa shape index (κ2) is 8.99. The van der Waals surface area contributed by atoms with E-state index >= 15 is 0 Å². The first-order valence-corrected chi connectivity index (χ1v) is 9.41. The molecule has 1 aromatic carbocycles. The number of anilines is 1. The zero-order valence-electron chi connectivity index (χ0n) is 16.6. The van der Waals surface area contributed by atoms with Gasteiger partial charge in [0.25, 0.3) is 0 Å². The highest BCUT2D eigenvalue weighted by Crippen LogP contribution is 2.22. The molecule has 28 heavy (non-hydrogen) atoms. The van der Waals surface area contributed by atoms with Crippen molar-refractivity contribution in [3.05, 3.63) is 41.7 Å². The molecule has 1 N–H and O–H groups in total. The first-order chi connectivity index (χ1) is 13.5. The van der Waals surface area contributed by atoms with E-state index in [9.17, 15) is 9.59 Å². The number of aryl methyl sites for hydroxylation is 1. The Labute approximate surface area is 165 Å². The zero-order chi connectivity index (χ0) is 20.1. The number of likely N-dealkylation sites (N-methyl/N-ethyl adjacent to an activating group) is 1. The predicted octanol–water partition coefficient (Wildman–Crippen LogP) is 1.22. The van der Waals surface area contributed by atoms with Gasteiger partial charge in [0, 0.05) is 13.1 Å². The summed E-state index contributed by atoms with van der Waals surface area (Å²) in [5, 5.41) is 7.48. The van der Waals surface area contributed by atoms with Crippen molar-refractivity contribution in [1.82, 2.24) is 19.6 Å². The summed E-state index contributed by atoms with van der Waals surface area (Å²) in [6.45, 7) is 6.48. The largest absolute Gasteiger partial charge is 0.378 e. The van der Waals surface area contributed by atoms with Gasteiger partial charge in [-0.3, -0.25) is 14.5 Å². The number of morpholine rings is 1. The lowest BCUT2D eigenvalue weighted by atomic mass is 10.3. The van der Waals surface area contributed by atoms with Gasteiger partial charge in [0.2, 0.25) is 11.8 Å². The number of benzene rings is 1. The maximum absolute atomic E-state index is 12.5. The van der Waals surface area contributed by atoms with Crippen LogP contribution in [0.1, 0.15) is 11.4 Å². The van der Waals surface area contributed by atoms with Crippen molar-refractivity contribution in [3.63, 3.8) is 0 Å². The predicted molar refractivity (Wildman–Crippen MR) is 107 cm³/mol. The molecule has 2 aromatic rings. The van der Waals surface area contributed by atoms with Gasteiger partial charge in [-0.1, -0.05) is 18.2 Å². The van der Waals surface area contributed by atoms with Gasteiger partial charge in [0.15, 0.2) is 0 Å². The number of aromatic nitrogens is 2. The van der Waals surface area contributed by atoms with Crippen LogP contribution in [0.3, 0.4) is 0 Å². The number of rotatable bonds is 6. The number of carbonyl (C=O) groups excluding carboxylic acids is 2. The SMILES string of the molecule is Cc1nn(-c2ccccc2)c(C)c1NC(=O)CN(C)CC(=O)N1CCOCC1. The number of nitrogens with zero attached hydrogens (tertiary/aromatic N) is 4. The molecule has 1 aromatic heterocycles. The van der Waals surface area contributed by atoms with Crippen molar-refractivity contribution in [2.24, 2.45) is 0 Å². The van der Waals surface area contributed by atoms with Crippen molar-refractivity contribution in [2.45, 2.75) is 13.8 Å². The second-order valence-corrected chi connectivity index (χ2v) is 7.01. The summed E-state index contributed by atoms with van der Waals surface area (Å²) in [5.74, 6) is -0.154. The van der Waals surface area contributed by atoms with Crippen LogP contribution in [0.25, 0.3) is 5.69 Å². The van der Waals surface area contributed by atoms with E-state index in [1.54, 1.807) is 16.8 Å². The highest BCUT2D eigenvalue weighted by atomic mass is 16.5. The minimum Gasteiger partial charge on any atom is -0.378 e. The number of ether oxygens (including phenoxy) is 1. The number of amides is 2. The van der Waals surface area contributed by atoms with Crippen LogP contribution in [0, 0.1) is 13.8 Å². The Balaban J connectivity index is 1.59. The quantitative estimate of drug-likeness (QED) is 0.809. The number of nitrogens with one attached hydrogen (secondary N) is 1. The molecule has 1 saturated heterocycles. The van der Waals surface area contributed by atoms with E-state index in [4.69, 9.17) is 4.74 Å². The number of para-hydroxylation sites is 1. The molecule has 3 rings (SSSR count). The average Bonchev–Trinajstić information content (AvgIpc) is 2.97.